The van der Waals surface area contributed by atoms with Crippen LogP contribution in [0.2, 0.25) is 10.0 Å². The molecule has 32 heavy (non-hydrogen) atoms. The van der Waals surface area contributed by atoms with Gasteiger partial charge >= 0.3 is 0 Å². The fourth-order valence-electron chi connectivity index (χ4n) is 4.36. The van der Waals surface area contributed by atoms with E-state index in [9.17, 15) is 19.2 Å². The number of nitrogens with zero attached hydrogens (tertiary/aromatic N) is 2. The average Bonchev–Trinajstić information content (AvgIpc) is 3.03. The lowest BCUT2D eigenvalue weighted by molar-refractivity contribution is -0.144. The maximum absolute atomic E-state index is 13.2. The molecule has 9 heteroatoms. The normalized spacial score (nSPS) is 20.8. The molecular weight excluding hydrogens is 453 g/mol. The van der Waals surface area contributed by atoms with Gasteiger partial charge in [-0.15, -0.1) is 0 Å². The van der Waals surface area contributed by atoms with E-state index < -0.39 is 6.04 Å². The summed E-state index contributed by atoms with van der Waals surface area (Å²) in [7, 11) is 1.51. The second-order valence-electron chi connectivity index (χ2n) is 8.03. The lowest BCUT2D eigenvalue weighted by atomic mass is 9.85. The van der Waals surface area contributed by atoms with E-state index in [1.54, 1.807) is 18.2 Å². The molecule has 0 bridgehead atoms. The topological polar surface area (TPSA) is 86.8 Å². The van der Waals surface area contributed by atoms with E-state index in [2.05, 4.69) is 5.32 Å². The van der Waals surface area contributed by atoms with Crippen molar-refractivity contribution in [3.05, 3.63) is 46.0 Å². The Kier molecular flexibility index (Phi) is 7.96. The molecule has 0 radical (unpaired) electrons. The summed E-state index contributed by atoms with van der Waals surface area (Å²) in [5, 5.41) is 3.46. The lowest BCUT2D eigenvalue weighted by Gasteiger charge is -2.31. The Morgan fingerprint density at radius 1 is 1.16 bits per heavy atom. The van der Waals surface area contributed by atoms with Gasteiger partial charge in [0.05, 0.1) is 11.8 Å². The molecule has 172 valence electrons. The Bertz CT molecular complexity index is 923. The highest BCUT2D eigenvalue weighted by Gasteiger charge is 2.47. The lowest BCUT2D eigenvalue weighted by Crippen LogP contribution is -2.49. The Labute approximate surface area is 197 Å². The van der Waals surface area contributed by atoms with Gasteiger partial charge in [-0.3, -0.25) is 24.1 Å². The van der Waals surface area contributed by atoms with Crippen molar-refractivity contribution in [1.82, 2.24) is 15.1 Å². The van der Waals surface area contributed by atoms with E-state index in [-0.39, 0.29) is 55.0 Å². The third-order valence-electron chi connectivity index (χ3n) is 6.14. The number of hydrogen-bond acceptors (Lipinski definition) is 4. The molecule has 1 fully saturated rings. The van der Waals surface area contributed by atoms with Crippen LogP contribution in [-0.4, -0.2) is 53.1 Å². The van der Waals surface area contributed by atoms with Gasteiger partial charge in [-0.05, 0) is 37.0 Å². The molecule has 0 saturated carbocycles. The van der Waals surface area contributed by atoms with Crippen molar-refractivity contribution < 1.29 is 19.2 Å². The molecular formula is C23H27Cl2N3O4. The predicted molar refractivity (Wildman–Crippen MR) is 122 cm³/mol. The molecule has 0 spiro atoms. The molecule has 3 atom stereocenters. The maximum atomic E-state index is 13.2. The van der Waals surface area contributed by atoms with Crippen molar-refractivity contribution in [1.29, 1.82) is 0 Å². The van der Waals surface area contributed by atoms with E-state index in [0.29, 0.717) is 34.9 Å². The molecule has 1 saturated heterocycles. The number of fused-ring (bicyclic) bond motifs is 1. The number of nitrogens with one attached hydrogen (secondary N) is 1. The van der Waals surface area contributed by atoms with E-state index in [0.717, 1.165) is 0 Å². The number of hydrogen-bond donors (Lipinski definition) is 1. The fourth-order valence-corrected chi connectivity index (χ4v) is 4.83. The van der Waals surface area contributed by atoms with Crippen molar-refractivity contribution in [2.24, 2.45) is 11.8 Å². The summed E-state index contributed by atoms with van der Waals surface area (Å²) in [5.41, 5.74) is 0.650. The van der Waals surface area contributed by atoms with Crippen LogP contribution in [0.15, 0.2) is 30.4 Å². The molecule has 3 rings (SSSR count). The zero-order valence-electron chi connectivity index (χ0n) is 18.1. The summed E-state index contributed by atoms with van der Waals surface area (Å²) >= 11 is 12.3. The molecule has 1 N–H and O–H groups in total. The fraction of sp³-hybridized carbons (Fsp3) is 0.478. The van der Waals surface area contributed by atoms with Gasteiger partial charge in [0.25, 0.3) is 0 Å². The molecule has 4 amide bonds. The minimum Gasteiger partial charge on any atom is -0.357 e. The molecule has 1 aromatic carbocycles. The first-order chi connectivity index (χ1) is 15.3. The SMILES string of the molecule is CC[C@@H](C(=O)NC)N(Cc1ccc(Cl)cc1Cl)C(=O)CCN1C(=O)[C@H]2CC=CC[C@H]2C1=O. The van der Waals surface area contributed by atoms with Gasteiger partial charge < -0.3 is 10.2 Å². The quantitative estimate of drug-likeness (QED) is 0.458. The van der Waals surface area contributed by atoms with Crippen LogP contribution in [0.3, 0.4) is 0 Å². The van der Waals surface area contributed by atoms with Gasteiger partial charge in [-0.2, -0.15) is 0 Å². The third-order valence-corrected chi connectivity index (χ3v) is 6.72. The minimum atomic E-state index is -0.712. The van der Waals surface area contributed by atoms with Gasteiger partial charge in [-0.25, -0.2) is 0 Å². The molecule has 7 nitrogen and oxygen atoms in total. The number of amides is 4. The van der Waals surface area contributed by atoms with Crippen LogP contribution in [0.1, 0.15) is 38.2 Å². The Balaban J connectivity index is 1.76. The second-order valence-corrected chi connectivity index (χ2v) is 8.87. The van der Waals surface area contributed by atoms with E-state index in [1.807, 2.05) is 19.1 Å². The van der Waals surface area contributed by atoms with Crippen LogP contribution in [-0.2, 0) is 25.7 Å². The summed E-state index contributed by atoms with van der Waals surface area (Å²) in [6, 6.07) is 4.26. The highest BCUT2D eigenvalue weighted by atomic mass is 35.5. The van der Waals surface area contributed by atoms with Crippen molar-refractivity contribution in [2.45, 2.75) is 45.2 Å². The number of allylic oxidation sites excluding steroid dienone is 2. The maximum Gasteiger partial charge on any atom is 0.242 e. The van der Waals surface area contributed by atoms with E-state index in [1.165, 1.54) is 16.8 Å². The summed E-state index contributed by atoms with van der Waals surface area (Å²) < 4.78 is 0. The van der Waals surface area contributed by atoms with Crippen LogP contribution in [0.5, 0.6) is 0 Å². The number of carbonyl (C=O) groups is 4. The minimum absolute atomic E-state index is 0.00146. The Morgan fingerprint density at radius 3 is 2.31 bits per heavy atom. The summed E-state index contributed by atoms with van der Waals surface area (Å²) in [6.07, 6.45) is 5.28. The summed E-state index contributed by atoms with van der Waals surface area (Å²) in [5.74, 6) is -1.73. The highest BCUT2D eigenvalue weighted by Crippen LogP contribution is 2.35. The molecule has 1 aliphatic carbocycles. The molecule has 0 unspecified atom stereocenters. The number of benzene rings is 1. The van der Waals surface area contributed by atoms with Crippen molar-refractivity contribution in [3.63, 3.8) is 0 Å². The molecule has 1 aliphatic heterocycles. The number of halogens is 2. The van der Waals surface area contributed by atoms with Gasteiger partial charge in [0.1, 0.15) is 6.04 Å². The van der Waals surface area contributed by atoms with Gasteiger partial charge in [0.15, 0.2) is 0 Å². The van der Waals surface area contributed by atoms with E-state index in [4.69, 9.17) is 23.2 Å². The van der Waals surface area contributed by atoms with Gasteiger partial charge in [0, 0.05) is 36.6 Å². The van der Waals surface area contributed by atoms with Gasteiger partial charge in [-0.1, -0.05) is 48.3 Å². The summed E-state index contributed by atoms with van der Waals surface area (Å²) in [4.78, 5) is 53.8. The summed E-state index contributed by atoms with van der Waals surface area (Å²) in [6.45, 7) is 1.92. The second kappa shape index (κ2) is 10.5. The monoisotopic (exact) mass is 479 g/mol. The molecule has 2 aliphatic rings. The Morgan fingerprint density at radius 2 is 1.78 bits per heavy atom. The standard InChI is InChI=1S/C23H27Cl2N3O4/c1-3-19(21(30)26-2)28(13-14-8-9-15(24)12-18(14)25)20(29)10-11-27-22(31)16-6-4-5-7-17(16)23(27)32/h4-5,8-9,12,16-17,19H,3,6-7,10-11,13H2,1-2H3,(H,26,30)/t16-,17+,19-/m0/s1. The van der Waals surface area contributed by atoms with Crippen LogP contribution < -0.4 is 5.32 Å². The number of likely N-dealkylation sites (N-methyl/N-ethyl adjacent to an activating group) is 1. The highest BCUT2D eigenvalue weighted by molar-refractivity contribution is 6.35. The molecule has 1 heterocycles. The molecule has 0 aromatic heterocycles. The smallest absolute Gasteiger partial charge is 0.242 e. The average molecular weight is 480 g/mol. The Hall–Kier alpha value is -2.38. The first kappa shape index (κ1) is 24.3. The van der Waals surface area contributed by atoms with Crippen LogP contribution >= 0.6 is 23.2 Å². The van der Waals surface area contributed by atoms with Crippen molar-refractivity contribution in [3.8, 4) is 0 Å². The number of likely N-dealkylation sites (tertiary alicyclic amines) is 1. The third kappa shape index (κ3) is 4.99. The first-order valence-corrected chi connectivity index (χ1v) is 11.5. The van der Waals surface area contributed by atoms with Crippen molar-refractivity contribution in [2.75, 3.05) is 13.6 Å². The van der Waals surface area contributed by atoms with Crippen LogP contribution in [0.4, 0.5) is 0 Å². The number of imide groups is 1. The molecule has 1 aromatic rings. The zero-order chi connectivity index (χ0) is 23.4. The number of carbonyl (C=O) groups excluding carboxylic acids is 4. The largest absolute Gasteiger partial charge is 0.357 e. The van der Waals surface area contributed by atoms with Gasteiger partial charge in [0.2, 0.25) is 23.6 Å². The van der Waals surface area contributed by atoms with E-state index >= 15 is 0 Å². The van der Waals surface area contributed by atoms with Crippen molar-refractivity contribution >= 4 is 46.8 Å². The first-order valence-electron chi connectivity index (χ1n) is 10.7. The zero-order valence-corrected chi connectivity index (χ0v) is 19.7. The van der Waals surface area contributed by atoms with Crippen LogP contribution in [0.25, 0.3) is 0 Å². The number of rotatable bonds is 8. The predicted octanol–water partition coefficient (Wildman–Crippen LogP) is 3.19. The van der Waals surface area contributed by atoms with Crippen LogP contribution in [0, 0.1) is 11.8 Å².